The minimum absolute atomic E-state index is 0.826. The number of rotatable bonds is 5. The van der Waals surface area contributed by atoms with Gasteiger partial charge in [-0.25, -0.2) is 0 Å². The Morgan fingerprint density at radius 2 is 1.79 bits per heavy atom. The monoisotopic (exact) mass is 252 g/mol. The summed E-state index contributed by atoms with van der Waals surface area (Å²) < 4.78 is 0. The molecule has 0 saturated carbocycles. The van der Waals surface area contributed by atoms with Crippen molar-refractivity contribution in [3.05, 3.63) is 66.4 Å². The second-order valence-electron chi connectivity index (χ2n) is 4.47. The molecule has 2 N–H and O–H groups in total. The van der Waals surface area contributed by atoms with Gasteiger partial charge in [-0.15, -0.1) is 0 Å². The van der Waals surface area contributed by atoms with E-state index in [1.807, 2.05) is 19.3 Å². The van der Waals surface area contributed by atoms with Crippen molar-refractivity contribution < 1.29 is 0 Å². The van der Waals surface area contributed by atoms with E-state index in [1.165, 1.54) is 22.4 Å². The lowest BCUT2D eigenvalue weighted by atomic mass is 10.0. The van der Waals surface area contributed by atoms with Crippen molar-refractivity contribution in [1.82, 2.24) is 5.32 Å². The Bertz CT molecular complexity index is 544. The van der Waals surface area contributed by atoms with Gasteiger partial charge >= 0.3 is 0 Å². The molecule has 2 aromatic rings. The highest BCUT2D eigenvalue weighted by Gasteiger charge is 2.00. The third-order valence-electron chi connectivity index (χ3n) is 3.03. The molecule has 0 heterocycles. The molecule has 98 valence electrons. The molecule has 2 heteroatoms. The fourth-order valence-electron chi connectivity index (χ4n) is 2.02. The van der Waals surface area contributed by atoms with E-state index in [9.17, 15) is 0 Å². The third-order valence-corrected chi connectivity index (χ3v) is 3.03. The summed E-state index contributed by atoms with van der Waals surface area (Å²) in [6.45, 7) is 2.96. The zero-order chi connectivity index (χ0) is 13.5. The third kappa shape index (κ3) is 3.62. The molecule has 0 amide bonds. The maximum absolute atomic E-state index is 3.40. The van der Waals surface area contributed by atoms with Crippen molar-refractivity contribution in [3.8, 4) is 11.1 Å². The molecule has 0 aromatic heterocycles. The zero-order valence-electron chi connectivity index (χ0n) is 11.5. The van der Waals surface area contributed by atoms with Gasteiger partial charge in [0.2, 0.25) is 0 Å². The normalized spacial score (nSPS) is 10.6. The molecule has 2 aromatic carbocycles. The van der Waals surface area contributed by atoms with Crippen molar-refractivity contribution in [2.45, 2.75) is 6.92 Å². The van der Waals surface area contributed by atoms with Gasteiger partial charge in [0, 0.05) is 19.3 Å². The van der Waals surface area contributed by atoms with E-state index in [4.69, 9.17) is 0 Å². The van der Waals surface area contributed by atoms with E-state index in [-0.39, 0.29) is 0 Å². The highest BCUT2D eigenvalue weighted by atomic mass is 14.9. The Morgan fingerprint density at radius 3 is 2.47 bits per heavy atom. The average molecular weight is 252 g/mol. The first-order valence-corrected chi connectivity index (χ1v) is 6.53. The molecular weight excluding hydrogens is 232 g/mol. The largest absolute Gasteiger partial charge is 0.394 e. The van der Waals surface area contributed by atoms with Crippen LogP contribution in [0.4, 0.5) is 5.69 Å². The average Bonchev–Trinajstić information content (AvgIpc) is 2.46. The quantitative estimate of drug-likeness (QED) is 0.845. The van der Waals surface area contributed by atoms with Crippen LogP contribution in [0, 0.1) is 6.92 Å². The summed E-state index contributed by atoms with van der Waals surface area (Å²) in [5.41, 5.74) is 4.96. The lowest BCUT2D eigenvalue weighted by Gasteiger charge is -2.10. The van der Waals surface area contributed by atoms with Crippen LogP contribution in [-0.4, -0.2) is 13.6 Å². The van der Waals surface area contributed by atoms with Crippen LogP contribution < -0.4 is 10.6 Å². The molecule has 0 atom stereocenters. The van der Waals surface area contributed by atoms with Crippen LogP contribution in [-0.2, 0) is 0 Å². The van der Waals surface area contributed by atoms with Crippen molar-refractivity contribution in [1.29, 1.82) is 0 Å². The van der Waals surface area contributed by atoms with E-state index < -0.39 is 0 Å². The van der Waals surface area contributed by atoms with Gasteiger partial charge in [-0.05, 0) is 48.0 Å². The van der Waals surface area contributed by atoms with Gasteiger partial charge in [0.05, 0.1) is 0 Å². The van der Waals surface area contributed by atoms with E-state index in [0.29, 0.717) is 0 Å². The summed E-state index contributed by atoms with van der Waals surface area (Å²) in [6.07, 6.45) is 3.99. The number of anilines is 1. The highest BCUT2D eigenvalue weighted by Crippen LogP contribution is 2.24. The van der Waals surface area contributed by atoms with Gasteiger partial charge < -0.3 is 10.6 Å². The first-order valence-electron chi connectivity index (χ1n) is 6.53. The molecule has 0 aliphatic rings. The van der Waals surface area contributed by atoms with Gasteiger partial charge in [-0.2, -0.15) is 0 Å². The molecule has 0 spiro atoms. The lowest BCUT2D eigenvalue weighted by molar-refractivity contribution is 1.09. The van der Waals surface area contributed by atoms with Gasteiger partial charge in [-0.1, -0.05) is 36.4 Å². The van der Waals surface area contributed by atoms with Crippen LogP contribution in [0.2, 0.25) is 0 Å². The Hall–Kier alpha value is -2.22. The summed E-state index contributed by atoms with van der Waals surface area (Å²) in [5, 5.41) is 6.38. The lowest BCUT2D eigenvalue weighted by Crippen LogP contribution is -2.02. The molecular formula is C17H20N2. The predicted molar refractivity (Wildman–Crippen MR) is 83.3 cm³/mol. The maximum atomic E-state index is 3.40. The van der Waals surface area contributed by atoms with Crippen molar-refractivity contribution >= 4 is 5.69 Å². The van der Waals surface area contributed by atoms with Crippen LogP contribution in [0.25, 0.3) is 11.1 Å². The molecule has 0 aliphatic carbocycles. The predicted octanol–water partition coefficient (Wildman–Crippen LogP) is 3.81. The maximum Gasteiger partial charge on any atom is 0.0372 e. The fraction of sp³-hybridized carbons (Fsp3) is 0.176. The van der Waals surface area contributed by atoms with E-state index >= 15 is 0 Å². The van der Waals surface area contributed by atoms with Gasteiger partial charge in [0.25, 0.3) is 0 Å². The van der Waals surface area contributed by atoms with Crippen LogP contribution in [0.15, 0.2) is 60.8 Å². The summed E-state index contributed by atoms with van der Waals surface area (Å²) in [6, 6.07) is 17.0. The van der Waals surface area contributed by atoms with Crippen LogP contribution in [0.5, 0.6) is 0 Å². The SMILES string of the molecule is CN/C=C\CNc1ccc(-c2ccccc2)cc1C. The van der Waals surface area contributed by atoms with Gasteiger partial charge in [0.15, 0.2) is 0 Å². The van der Waals surface area contributed by atoms with Crippen LogP contribution >= 0.6 is 0 Å². The number of hydrogen-bond acceptors (Lipinski definition) is 2. The first kappa shape index (κ1) is 13.2. The number of aryl methyl sites for hydroxylation is 1. The summed E-state index contributed by atoms with van der Waals surface area (Å²) >= 11 is 0. The van der Waals surface area contributed by atoms with E-state index in [2.05, 4.69) is 66.1 Å². The Balaban J connectivity index is 2.11. The molecule has 0 radical (unpaired) electrons. The summed E-state index contributed by atoms with van der Waals surface area (Å²) in [5.74, 6) is 0. The highest BCUT2D eigenvalue weighted by molar-refractivity contribution is 5.68. The summed E-state index contributed by atoms with van der Waals surface area (Å²) in [4.78, 5) is 0. The smallest absolute Gasteiger partial charge is 0.0372 e. The van der Waals surface area contributed by atoms with Crippen LogP contribution in [0.1, 0.15) is 5.56 Å². The number of nitrogens with one attached hydrogen (secondary N) is 2. The van der Waals surface area contributed by atoms with Gasteiger partial charge in [-0.3, -0.25) is 0 Å². The minimum Gasteiger partial charge on any atom is -0.394 e. The number of hydrogen-bond donors (Lipinski definition) is 2. The fourth-order valence-corrected chi connectivity index (χ4v) is 2.02. The first-order chi connectivity index (χ1) is 9.31. The van der Waals surface area contributed by atoms with Crippen LogP contribution in [0.3, 0.4) is 0 Å². The van der Waals surface area contributed by atoms with Gasteiger partial charge in [0.1, 0.15) is 0 Å². The molecule has 0 fully saturated rings. The molecule has 0 saturated heterocycles. The Morgan fingerprint density at radius 1 is 1.00 bits per heavy atom. The number of benzene rings is 2. The molecule has 19 heavy (non-hydrogen) atoms. The molecule has 0 unspecified atom stereocenters. The topological polar surface area (TPSA) is 24.1 Å². The molecule has 0 aliphatic heterocycles. The molecule has 2 nitrogen and oxygen atoms in total. The second-order valence-corrected chi connectivity index (χ2v) is 4.47. The second kappa shape index (κ2) is 6.64. The standard InChI is InChI=1S/C17H20N2/c1-14-13-16(15-7-4-3-5-8-15)9-10-17(14)19-12-6-11-18-2/h3-11,13,18-19H,12H2,1-2H3/b11-6-. The van der Waals surface area contributed by atoms with Crippen molar-refractivity contribution in [3.63, 3.8) is 0 Å². The molecule has 2 rings (SSSR count). The van der Waals surface area contributed by atoms with E-state index in [0.717, 1.165) is 6.54 Å². The molecule has 0 bridgehead atoms. The zero-order valence-corrected chi connectivity index (χ0v) is 11.5. The van der Waals surface area contributed by atoms with E-state index in [1.54, 1.807) is 0 Å². The minimum atomic E-state index is 0.826. The van der Waals surface area contributed by atoms with Crippen molar-refractivity contribution in [2.75, 3.05) is 18.9 Å². The van der Waals surface area contributed by atoms with Crippen molar-refractivity contribution in [2.24, 2.45) is 0 Å². The Kier molecular flexibility index (Phi) is 4.62. The Labute approximate surface area is 115 Å². The summed E-state index contributed by atoms with van der Waals surface area (Å²) in [7, 11) is 1.90.